The van der Waals surface area contributed by atoms with Gasteiger partial charge in [-0.25, -0.2) is 0 Å². The van der Waals surface area contributed by atoms with E-state index in [1.165, 1.54) is 0 Å². The number of Topliss-reactive ketones (excluding diaryl/α,β-unsaturated/α-hetero) is 1. The summed E-state index contributed by atoms with van der Waals surface area (Å²) in [4.78, 5) is 25.3. The lowest BCUT2D eigenvalue weighted by Gasteiger charge is -2.34. The molecule has 0 saturated heterocycles. The average molecular weight is 287 g/mol. The number of nitrogens with one attached hydrogen (secondary N) is 1. The Bertz CT molecular complexity index is 608. The van der Waals surface area contributed by atoms with Crippen molar-refractivity contribution in [3.63, 3.8) is 0 Å². The number of ketones is 1. The Morgan fingerprint density at radius 3 is 2.71 bits per heavy atom. The molecule has 2 aliphatic carbocycles. The zero-order valence-electron chi connectivity index (χ0n) is 12.7. The number of anilines is 1. The Balaban J connectivity index is 1.89. The minimum absolute atomic E-state index is 0.101. The van der Waals surface area contributed by atoms with Gasteiger partial charge in [-0.1, -0.05) is 19.9 Å². The number of carbonyl (C=O) groups is 2. The van der Waals surface area contributed by atoms with E-state index in [0.717, 1.165) is 6.42 Å². The fraction of sp³-hybridized carbons (Fsp3) is 0.529. The van der Waals surface area contributed by atoms with E-state index >= 15 is 0 Å². The minimum Gasteiger partial charge on any atom is -0.497 e. The molecule has 2 fully saturated rings. The van der Waals surface area contributed by atoms with Crippen LogP contribution in [0.5, 0.6) is 5.75 Å². The van der Waals surface area contributed by atoms with Gasteiger partial charge in [-0.3, -0.25) is 9.59 Å². The summed E-state index contributed by atoms with van der Waals surface area (Å²) >= 11 is 0. The van der Waals surface area contributed by atoms with E-state index in [1.54, 1.807) is 13.2 Å². The highest BCUT2D eigenvalue weighted by Gasteiger charge is 2.68. The van der Waals surface area contributed by atoms with Crippen LogP contribution in [0.1, 0.15) is 33.1 Å². The van der Waals surface area contributed by atoms with Gasteiger partial charge in [0.15, 0.2) is 0 Å². The van der Waals surface area contributed by atoms with Crippen molar-refractivity contribution in [1.82, 2.24) is 0 Å². The lowest BCUT2D eigenvalue weighted by Crippen LogP contribution is -2.46. The van der Waals surface area contributed by atoms with E-state index in [2.05, 4.69) is 19.2 Å². The third kappa shape index (κ3) is 1.81. The van der Waals surface area contributed by atoms with Crippen molar-refractivity contribution in [3.8, 4) is 5.75 Å². The van der Waals surface area contributed by atoms with Crippen molar-refractivity contribution in [1.29, 1.82) is 0 Å². The van der Waals surface area contributed by atoms with Gasteiger partial charge in [-0.2, -0.15) is 0 Å². The summed E-state index contributed by atoms with van der Waals surface area (Å²) in [5.41, 5.74) is -0.444. The van der Waals surface area contributed by atoms with Gasteiger partial charge in [0.25, 0.3) is 0 Å². The Hall–Kier alpha value is -1.84. The summed E-state index contributed by atoms with van der Waals surface area (Å²) in [5.74, 6) is 0.961. The van der Waals surface area contributed by atoms with Crippen molar-refractivity contribution in [2.75, 3.05) is 12.4 Å². The summed E-state index contributed by atoms with van der Waals surface area (Å²) in [6.45, 7) is 4.11. The van der Waals surface area contributed by atoms with Gasteiger partial charge in [0, 0.05) is 18.2 Å². The van der Waals surface area contributed by atoms with Crippen LogP contribution in [0.2, 0.25) is 0 Å². The van der Waals surface area contributed by atoms with Crippen LogP contribution in [0.4, 0.5) is 5.69 Å². The number of carbonyl (C=O) groups excluding carboxylic acids is 2. The molecule has 1 N–H and O–H groups in total. The SMILES string of the molecule is COc1cccc(NC(=O)C23CCC(CC2=O)C3(C)C)c1. The summed E-state index contributed by atoms with van der Waals surface area (Å²) in [5, 5.41) is 2.92. The summed E-state index contributed by atoms with van der Waals surface area (Å²) in [6.07, 6.45) is 2.17. The van der Waals surface area contributed by atoms with Gasteiger partial charge in [-0.05, 0) is 36.3 Å². The molecule has 1 aromatic rings. The number of rotatable bonds is 3. The number of ether oxygens (including phenoxy) is 1. The van der Waals surface area contributed by atoms with Gasteiger partial charge in [-0.15, -0.1) is 0 Å². The molecule has 0 aromatic heterocycles. The van der Waals surface area contributed by atoms with Crippen molar-refractivity contribution in [2.45, 2.75) is 33.1 Å². The van der Waals surface area contributed by atoms with Crippen LogP contribution in [0, 0.1) is 16.7 Å². The van der Waals surface area contributed by atoms with Gasteiger partial charge in [0.1, 0.15) is 16.9 Å². The normalized spacial score (nSPS) is 29.5. The summed E-state index contributed by atoms with van der Waals surface area (Å²) < 4.78 is 5.17. The molecule has 4 nitrogen and oxygen atoms in total. The van der Waals surface area contributed by atoms with Gasteiger partial charge in [0.05, 0.1) is 7.11 Å². The lowest BCUT2D eigenvalue weighted by molar-refractivity contribution is -0.141. The van der Waals surface area contributed by atoms with Crippen LogP contribution in [0.25, 0.3) is 0 Å². The van der Waals surface area contributed by atoms with Crippen LogP contribution in [-0.4, -0.2) is 18.8 Å². The van der Waals surface area contributed by atoms with Crippen LogP contribution < -0.4 is 10.1 Å². The predicted octanol–water partition coefficient (Wildman–Crippen LogP) is 3.03. The molecule has 2 saturated carbocycles. The van der Waals surface area contributed by atoms with Crippen LogP contribution in [0.3, 0.4) is 0 Å². The third-order valence-electron chi connectivity index (χ3n) is 5.61. The highest BCUT2D eigenvalue weighted by Crippen LogP contribution is 2.64. The highest BCUT2D eigenvalue weighted by molar-refractivity contribution is 6.14. The largest absolute Gasteiger partial charge is 0.497 e. The predicted molar refractivity (Wildman–Crippen MR) is 80.2 cm³/mol. The zero-order valence-corrected chi connectivity index (χ0v) is 12.7. The molecule has 0 heterocycles. The van der Waals surface area contributed by atoms with Gasteiger partial charge in [0.2, 0.25) is 5.91 Å². The highest BCUT2D eigenvalue weighted by atomic mass is 16.5. The maximum Gasteiger partial charge on any atom is 0.238 e. The van der Waals surface area contributed by atoms with Crippen molar-refractivity contribution >= 4 is 17.4 Å². The van der Waals surface area contributed by atoms with Gasteiger partial charge >= 0.3 is 0 Å². The van der Waals surface area contributed by atoms with E-state index < -0.39 is 5.41 Å². The first kappa shape index (κ1) is 14.1. The van der Waals surface area contributed by atoms with Gasteiger partial charge < -0.3 is 10.1 Å². The lowest BCUT2D eigenvalue weighted by atomic mass is 9.68. The molecule has 2 bridgehead atoms. The fourth-order valence-electron chi connectivity index (χ4n) is 4.15. The third-order valence-corrected chi connectivity index (χ3v) is 5.61. The Labute approximate surface area is 124 Å². The average Bonchev–Trinajstić information content (AvgIpc) is 2.82. The molecular weight excluding hydrogens is 266 g/mol. The number of amides is 1. The maximum absolute atomic E-state index is 12.8. The van der Waals surface area contributed by atoms with E-state index in [9.17, 15) is 9.59 Å². The molecule has 112 valence electrons. The van der Waals surface area contributed by atoms with E-state index in [-0.39, 0.29) is 17.1 Å². The summed E-state index contributed by atoms with van der Waals surface area (Å²) in [6, 6.07) is 7.23. The first-order chi connectivity index (χ1) is 9.91. The molecule has 0 spiro atoms. The van der Waals surface area contributed by atoms with Crippen molar-refractivity contribution in [3.05, 3.63) is 24.3 Å². The molecule has 3 rings (SSSR count). The number of hydrogen-bond acceptors (Lipinski definition) is 3. The number of methoxy groups -OCH3 is 1. The molecule has 21 heavy (non-hydrogen) atoms. The fourth-order valence-corrected chi connectivity index (χ4v) is 4.15. The monoisotopic (exact) mass is 287 g/mol. The van der Waals surface area contributed by atoms with E-state index in [1.807, 2.05) is 18.2 Å². The number of benzene rings is 1. The Kier molecular flexibility index (Phi) is 3.08. The Morgan fingerprint density at radius 1 is 1.38 bits per heavy atom. The van der Waals surface area contributed by atoms with Crippen molar-refractivity contribution < 1.29 is 14.3 Å². The maximum atomic E-state index is 12.8. The first-order valence-corrected chi connectivity index (χ1v) is 7.40. The standard InChI is InChI=1S/C17H21NO3/c1-16(2)11-7-8-17(16,14(19)9-11)15(20)18-12-5-4-6-13(10-12)21-3/h4-6,10-11H,7-9H2,1-3H3,(H,18,20). The van der Waals surface area contributed by atoms with Crippen LogP contribution in [-0.2, 0) is 9.59 Å². The second-order valence-electron chi connectivity index (χ2n) is 6.68. The molecule has 1 amide bonds. The second-order valence-corrected chi connectivity index (χ2v) is 6.68. The van der Waals surface area contributed by atoms with Crippen molar-refractivity contribution in [2.24, 2.45) is 16.7 Å². The second kappa shape index (κ2) is 4.58. The van der Waals surface area contributed by atoms with E-state index in [0.29, 0.717) is 30.2 Å². The molecule has 0 aliphatic heterocycles. The number of fused-ring (bicyclic) bond motifs is 2. The molecule has 2 aliphatic rings. The molecule has 4 heteroatoms. The van der Waals surface area contributed by atoms with Crippen LogP contribution >= 0.6 is 0 Å². The molecule has 2 unspecified atom stereocenters. The first-order valence-electron chi connectivity index (χ1n) is 7.40. The molecule has 0 radical (unpaired) electrons. The minimum atomic E-state index is -0.860. The smallest absolute Gasteiger partial charge is 0.238 e. The van der Waals surface area contributed by atoms with Crippen LogP contribution in [0.15, 0.2) is 24.3 Å². The number of hydrogen-bond donors (Lipinski definition) is 1. The zero-order chi connectivity index (χ0) is 15.3. The molecule has 1 aromatic carbocycles. The quantitative estimate of drug-likeness (QED) is 0.869. The topological polar surface area (TPSA) is 55.4 Å². The van der Waals surface area contributed by atoms with E-state index in [4.69, 9.17) is 4.74 Å². The molecular formula is C17H21NO3. The summed E-state index contributed by atoms with van der Waals surface area (Å²) in [7, 11) is 1.59. The Morgan fingerprint density at radius 2 is 2.14 bits per heavy atom. The molecule has 2 atom stereocenters.